The summed E-state index contributed by atoms with van der Waals surface area (Å²) in [5.41, 5.74) is 1.90. The Kier molecular flexibility index (Phi) is 3.46. The Balaban J connectivity index is 2.20. The van der Waals surface area contributed by atoms with Crippen molar-refractivity contribution in [2.45, 2.75) is 31.2 Å². The molecule has 19 heavy (non-hydrogen) atoms. The maximum Gasteiger partial charge on any atom is 0.125 e. The van der Waals surface area contributed by atoms with Gasteiger partial charge in [-0.25, -0.2) is 4.98 Å². The highest BCUT2D eigenvalue weighted by Crippen LogP contribution is 2.33. The van der Waals surface area contributed by atoms with Crippen LogP contribution in [-0.4, -0.2) is 22.8 Å². The van der Waals surface area contributed by atoms with E-state index in [1.165, 1.54) is 0 Å². The normalized spacial score (nSPS) is 23.9. The fourth-order valence-electron chi connectivity index (χ4n) is 2.89. The van der Waals surface area contributed by atoms with Gasteiger partial charge in [0.1, 0.15) is 5.82 Å². The van der Waals surface area contributed by atoms with Crippen LogP contribution in [0, 0.1) is 0 Å². The minimum atomic E-state index is -0.0783. The highest BCUT2D eigenvalue weighted by atomic mass is 35.5. The van der Waals surface area contributed by atoms with Gasteiger partial charge in [-0.3, -0.25) is 0 Å². The average molecular weight is 299 g/mol. The molecule has 2 aromatic rings. The van der Waals surface area contributed by atoms with E-state index in [-0.39, 0.29) is 5.54 Å². The molecule has 1 aliphatic rings. The lowest BCUT2D eigenvalue weighted by molar-refractivity contribution is 0.0104. The molecule has 0 radical (unpaired) electrons. The summed E-state index contributed by atoms with van der Waals surface area (Å²) in [4.78, 5) is 4.60. The van der Waals surface area contributed by atoms with Crippen LogP contribution in [0.25, 0.3) is 11.0 Å². The van der Waals surface area contributed by atoms with Crippen molar-refractivity contribution in [3.63, 3.8) is 0 Å². The van der Waals surface area contributed by atoms with Gasteiger partial charge in [-0.1, -0.05) is 11.6 Å². The fraction of sp³-hybridized carbons (Fsp3) is 0.500. The third-order valence-electron chi connectivity index (χ3n) is 3.76. The molecule has 1 aromatic heterocycles. The first kappa shape index (κ1) is 13.2. The molecule has 1 aliphatic heterocycles. The predicted molar refractivity (Wildman–Crippen MR) is 78.0 cm³/mol. The largest absolute Gasteiger partial charge is 0.379 e. The lowest BCUT2D eigenvalue weighted by Crippen LogP contribution is -2.39. The minimum absolute atomic E-state index is 0.0783. The van der Waals surface area contributed by atoms with Crippen molar-refractivity contribution in [1.29, 1.82) is 0 Å². The number of ether oxygens (including phenoxy) is 1. The Morgan fingerprint density at radius 2 is 2.32 bits per heavy atom. The predicted octanol–water partition coefficient (Wildman–Crippen LogP) is 3.95. The van der Waals surface area contributed by atoms with Gasteiger partial charge in [0.2, 0.25) is 0 Å². The van der Waals surface area contributed by atoms with Crippen LogP contribution in [-0.2, 0) is 16.2 Å². The molecule has 0 N–H and O–H groups in total. The highest BCUT2D eigenvalue weighted by Gasteiger charge is 2.33. The van der Waals surface area contributed by atoms with Crippen molar-refractivity contribution in [2.24, 2.45) is 0 Å². The second-order valence-electron chi connectivity index (χ2n) is 5.28. The zero-order chi connectivity index (χ0) is 13.5. The number of imidazole rings is 1. The van der Waals surface area contributed by atoms with Crippen LogP contribution in [0.3, 0.4) is 0 Å². The molecular formula is C14H16Cl2N2O. The van der Waals surface area contributed by atoms with E-state index in [9.17, 15) is 0 Å². The van der Waals surface area contributed by atoms with Crippen molar-refractivity contribution in [1.82, 2.24) is 9.55 Å². The van der Waals surface area contributed by atoms with Crippen LogP contribution in [0.4, 0.5) is 0 Å². The quantitative estimate of drug-likeness (QED) is 0.785. The Morgan fingerprint density at radius 1 is 1.47 bits per heavy atom. The number of aromatic nitrogens is 2. The summed E-state index contributed by atoms with van der Waals surface area (Å²) in [7, 11) is 0. The standard InChI is InChI=1S/C14H16Cl2N2O/c1-14(5-2-6-19-9-14)18-12-4-3-10(16)7-11(12)17-13(18)8-15/h3-4,7H,2,5-6,8-9H2,1H3. The van der Waals surface area contributed by atoms with Gasteiger partial charge in [0.25, 0.3) is 0 Å². The smallest absolute Gasteiger partial charge is 0.125 e. The van der Waals surface area contributed by atoms with Crippen LogP contribution in [0.15, 0.2) is 18.2 Å². The van der Waals surface area contributed by atoms with E-state index in [4.69, 9.17) is 27.9 Å². The van der Waals surface area contributed by atoms with Crippen molar-refractivity contribution in [3.8, 4) is 0 Å². The van der Waals surface area contributed by atoms with Gasteiger partial charge in [-0.15, -0.1) is 11.6 Å². The van der Waals surface area contributed by atoms with Gasteiger partial charge >= 0.3 is 0 Å². The fourth-order valence-corrected chi connectivity index (χ4v) is 3.24. The molecule has 5 heteroatoms. The van der Waals surface area contributed by atoms with Crippen LogP contribution >= 0.6 is 23.2 Å². The van der Waals surface area contributed by atoms with Crippen LogP contribution in [0.1, 0.15) is 25.6 Å². The molecule has 1 unspecified atom stereocenters. The molecule has 0 spiro atoms. The van der Waals surface area contributed by atoms with Crippen molar-refractivity contribution < 1.29 is 4.74 Å². The van der Waals surface area contributed by atoms with E-state index in [0.717, 1.165) is 36.3 Å². The summed E-state index contributed by atoms with van der Waals surface area (Å²) >= 11 is 12.1. The number of rotatable bonds is 2. The number of hydrogen-bond donors (Lipinski definition) is 0. The minimum Gasteiger partial charge on any atom is -0.379 e. The third kappa shape index (κ3) is 2.24. The summed E-state index contributed by atoms with van der Waals surface area (Å²) in [5, 5.41) is 0.698. The van der Waals surface area contributed by atoms with E-state index >= 15 is 0 Å². The van der Waals surface area contributed by atoms with Crippen LogP contribution in [0.5, 0.6) is 0 Å². The molecule has 1 fully saturated rings. The molecule has 1 atom stereocenters. The lowest BCUT2D eigenvalue weighted by atomic mass is 9.94. The number of benzene rings is 1. The Bertz CT molecular complexity index is 603. The SMILES string of the molecule is CC1(n2c(CCl)nc3cc(Cl)ccc32)CCCOC1. The number of nitrogens with zero attached hydrogens (tertiary/aromatic N) is 2. The molecular weight excluding hydrogens is 283 g/mol. The Morgan fingerprint density at radius 3 is 3.00 bits per heavy atom. The first-order valence-corrected chi connectivity index (χ1v) is 7.36. The summed E-state index contributed by atoms with van der Waals surface area (Å²) in [6, 6.07) is 5.80. The van der Waals surface area contributed by atoms with Crippen LogP contribution in [0.2, 0.25) is 5.02 Å². The zero-order valence-electron chi connectivity index (χ0n) is 10.8. The Hall–Kier alpha value is -0.770. The van der Waals surface area contributed by atoms with Crippen LogP contribution < -0.4 is 0 Å². The topological polar surface area (TPSA) is 27.1 Å². The average Bonchev–Trinajstić information content (AvgIpc) is 2.77. The molecule has 0 saturated carbocycles. The highest BCUT2D eigenvalue weighted by molar-refractivity contribution is 6.31. The van der Waals surface area contributed by atoms with Crippen molar-refractivity contribution in [2.75, 3.05) is 13.2 Å². The van der Waals surface area contributed by atoms with Gasteiger partial charge in [0, 0.05) is 11.6 Å². The summed E-state index contributed by atoms with van der Waals surface area (Å²) < 4.78 is 7.89. The van der Waals surface area contributed by atoms with Gasteiger partial charge in [-0.05, 0) is 38.0 Å². The molecule has 0 bridgehead atoms. The van der Waals surface area contributed by atoms with Gasteiger partial charge < -0.3 is 9.30 Å². The van der Waals surface area contributed by atoms with E-state index < -0.39 is 0 Å². The van der Waals surface area contributed by atoms with Gasteiger partial charge in [0.15, 0.2) is 0 Å². The van der Waals surface area contributed by atoms with E-state index in [2.05, 4.69) is 16.5 Å². The van der Waals surface area contributed by atoms with E-state index in [1.807, 2.05) is 18.2 Å². The number of alkyl halides is 1. The molecule has 3 nitrogen and oxygen atoms in total. The second-order valence-corrected chi connectivity index (χ2v) is 5.99. The summed E-state index contributed by atoms with van der Waals surface area (Å²) in [6.45, 7) is 3.74. The number of halogens is 2. The maximum absolute atomic E-state index is 6.07. The maximum atomic E-state index is 6.07. The number of fused-ring (bicyclic) bond motifs is 1. The first-order valence-electron chi connectivity index (χ1n) is 6.45. The molecule has 1 saturated heterocycles. The van der Waals surface area contributed by atoms with Gasteiger partial charge in [-0.2, -0.15) is 0 Å². The molecule has 3 rings (SSSR count). The monoisotopic (exact) mass is 298 g/mol. The molecule has 0 aliphatic carbocycles. The lowest BCUT2D eigenvalue weighted by Gasteiger charge is -2.36. The molecule has 1 aromatic carbocycles. The first-order chi connectivity index (χ1) is 9.14. The summed E-state index contributed by atoms with van der Waals surface area (Å²) in [6.07, 6.45) is 2.14. The zero-order valence-corrected chi connectivity index (χ0v) is 12.3. The molecule has 2 heterocycles. The summed E-state index contributed by atoms with van der Waals surface area (Å²) in [5.74, 6) is 1.27. The third-order valence-corrected chi connectivity index (χ3v) is 4.24. The second kappa shape index (κ2) is 4.97. The van der Waals surface area contributed by atoms with Crippen molar-refractivity contribution in [3.05, 3.63) is 29.0 Å². The Labute approximate surface area is 122 Å². The van der Waals surface area contributed by atoms with Gasteiger partial charge in [0.05, 0.1) is 29.1 Å². The van der Waals surface area contributed by atoms with E-state index in [0.29, 0.717) is 17.5 Å². The number of hydrogen-bond acceptors (Lipinski definition) is 2. The molecule has 0 amide bonds. The molecule has 102 valence electrons. The van der Waals surface area contributed by atoms with E-state index in [1.54, 1.807) is 0 Å². The van der Waals surface area contributed by atoms with Crippen molar-refractivity contribution >= 4 is 34.2 Å².